The van der Waals surface area contributed by atoms with E-state index in [0.29, 0.717) is 0 Å². The maximum atomic E-state index is 12.4. The summed E-state index contributed by atoms with van der Waals surface area (Å²) < 4.78 is 10.5. The molecule has 0 bridgehead atoms. The number of aliphatic carboxylic acids is 1. The average molecular weight is 426 g/mol. The van der Waals surface area contributed by atoms with Gasteiger partial charge in [-0.15, -0.1) is 0 Å². The van der Waals surface area contributed by atoms with Crippen LogP contribution in [0.5, 0.6) is 0 Å². The summed E-state index contributed by atoms with van der Waals surface area (Å²) in [7, 11) is 1.50. The van der Waals surface area contributed by atoms with Gasteiger partial charge in [0.15, 0.2) is 0 Å². The number of carbonyl (C=O) groups excluding carboxylic acids is 2. The van der Waals surface area contributed by atoms with Gasteiger partial charge in [-0.2, -0.15) is 0 Å². The molecule has 0 aliphatic heterocycles. The number of hydrogen-bond donors (Lipinski definition) is 3. The van der Waals surface area contributed by atoms with E-state index in [1.54, 1.807) is 6.92 Å². The van der Waals surface area contributed by atoms with Crippen LogP contribution >= 0.6 is 0 Å². The number of ether oxygens (including phenoxy) is 2. The molecule has 8 heteroatoms. The number of carboxylic acids is 1. The van der Waals surface area contributed by atoms with Gasteiger partial charge in [-0.1, -0.05) is 48.5 Å². The van der Waals surface area contributed by atoms with Gasteiger partial charge in [-0.25, -0.2) is 4.79 Å². The second-order valence-corrected chi connectivity index (χ2v) is 7.41. The van der Waals surface area contributed by atoms with Gasteiger partial charge < -0.3 is 25.2 Å². The summed E-state index contributed by atoms with van der Waals surface area (Å²) in [6.07, 6.45) is -1.65. The molecule has 164 valence electrons. The molecule has 0 radical (unpaired) electrons. The third-order valence-electron chi connectivity index (χ3n) is 5.30. The van der Waals surface area contributed by atoms with Gasteiger partial charge in [0.25, 0.3) is 0 Å². The predicted molar refractivity (Wildman–Crippen MR) is 114 cm³/mol. The number of alkyl carbamates (subject to hydrolysis) is 1. The van der Waals surface area contributed by atoms with E-state index < -0.39 is 30.4 Å². The van der Waals surface area contributed by atoms with E-state index in [9.17, 15) is 14.4 Å². The molecule has 1 aliphatic rings. The van der Waals surface area contributed by atoms with Crippen molar-refractivity contribution in [3.8, 4) is 11.1 Å². The van der Waals surface area contributed by atoms with Crippen molar-refractivity contribution in [2.75, 3.05) is 20.3 Å². The van der Waals surface area contributed by atoms with Crippen LogP contribution in [0.25, 0.3) is 11.1 Å². The van der Waals surface area contributed by atoms with Crippen LogP contribution in [-0.4, -0.2) is 55.5 Å². The highest BCUT2D eigenvalue weighted by Crippen LogP contribution is 2.44. The summed E-state index contributed by atoms with van der Waals surface area (Å²) in [6.45, 7) is 2.02. The van der Waals surface area contributed by atoms with Gasteiger partial charge in [0.05, 0.1) is 12.5 Å². The fourth-order valence-electron chi connectivity index (χ4n) is 3.62. The van der Waals surface area contributed by atoms with E-state index in [4.69, 9.17) is 14.6 Å². The summed E-state index contributed by atoms with van der Waals surface area (Å²) in [5.41, 5.74) is 4.32. The van der Waals surface area contributed by atoms with Crippen LogP contribution in [-0.2, 0) is 19.1 Å². The minimum Gasteiger partial charge on any atom is -0.481 e. The summed E-state index contributed by atoms with van der Waals surface area (Å²) in [4.78, 5) is 35.8. The molecule has 1 unspecified atom stereocenters. The summed E-state index contributed by atoms with van der Waals surface area (Å²) in [5.74, 6) is -1.95. The van der Waals surface area contributed by atoms with E-state index >= 15 is 0 Å². The molecule has 0 heterocycles. The average Bonchev–Trinajstić information content (AvgIpc) is 3.08. The Morgan fingerprint density at radius 2 is 1.61 bits per heavy atom. The van der Waals surface area contributed by atoms with Gasteiger partial charge >= 0.3 is 12.1 Å². The van der Waals surface area contributed by atoms with Gasteiger partial charge in [0, 0.05) is 19.6 Å². The molecule has 2 atom stereocenters. The lowest BCUT2D eigenvalue weighted by Crippen LogP contribution is -2.49. The molecule has 2 amide bonds. The van der Waals surface area contributed by atoms with Crippen molar-refractivity contribution in [1.82, 2.24) is 10.6 Å². The maximum Gasteiger partial charge on any atom is 0.407 e. The molecule has 3 rings (SSSR count). The van der Waals surface area contributed by atoms with Crippen LogP contribution in [0.15, 0.2) is 48.5 Å². The van der Waals surface area contributed by atoms with Crippen LogP contribution in [0.2, 0.25) is 0 Å². The number of carbonyl (C=O) groups is 3. The Morgan fingerprint density at radius 3 is 2.16 bits per heavy atom. The molecule has 0 fully saturated rings. The Bertz CT molecular complexity index is 915. The van der Waals surface area contributed by atoms with Crippen LogP contribution < -0.4 is 10.6 Å². The van der Waals surface area contributed by atoms with E-state index in [1.165, 1.54) is 7.11 Å². The molecule has 0 aromatic heterocycles. The number of fused-ring (bicyclic) bond motifs is 3. The van der Waals surface area contributed by atoms with Crippen molar-refractivity contribution in [2.24, 2.45) is 0 Å². The largest absolute Gasteiger partial charge is 0.481 e. The highest BCUT2D eigenvalue weighted by atomic mass is 16.5. The third-order valence-corrected chi connectivity index (χ3v) is 5.30. The van der Waals surface area contributed by atoms with Crippen molar-refractivity contribution in [1.29, 1.82) is 0 Å². The Kier molecular flexibility index (Phi) is 7.25. The number of nitrogens with one attached hydrogen (secondary N) is 2. The number of methoxy groups -OCH3 is 1. The Morgan fingerprint density at radius 1 is 1.03 bits per heavy atom. The normalized spacial score (nSPS) is 14.1. The first-order valence-electron chi connectivity index (χ1n) is 10.0. The zero-order chi connectivity index (χ0) is 22.4. The predicted octanol–water partition coefficient (Wildman–Crippen LogP) is 2.52. The topological polar surface area (TPSA) is 114 Å². The number of benzene rings is 2. The summed E-state index contributed by atoms with van der Waals surface area (Å²) in [6, 6.07) is 14.6. The molecule has 8 nitrogen and oxygen atoms in total. The van der Waals surface area contributed by atoms with Gasteiger partial charge in [0.2, 0.25) is 5.91 Å². The number of carboxylic acid groups (broad SMARTS) is 1. The Balaban J connectivity index is 1.64. The van der Waals surface area contributed by atoms with Crippen molar-refractivity contribution in [3.05, 3.63) is 59.7 Å². The molecule has 0 saturated carbocycles. The second-order valence-electron chi connectivity index (χ2n) is 7.41. The van der Waals surface area contributed by atoms with E-state index in [0.717, 1.165) is 22.3 Å². The van der Waals surface area contributed by atoms with Crippen LogP contribution in [0.1, 0.15) is 30.4 Å². The number of amides is 2. The van der Waals surface area contributed by atoms with Crippen molar-refractivity contribution >= 4 is 18.0 Å². The number of rotatable bonds is 9. The van der Waals surface area contributed by atoms with Crippen molar-refractivity contribution < 1.29 is 29.0 Å². The lowest BCUT2D eigenvalue weighted by Gasteiger charge is -2.19. The highest BCUT2D eigenvalue weighted by molar-refractivity contribution is 5.89. The summed E-state index contributed by atoms with van der Waals surface area (Å²) >= 11 is 0. The van der Waals surface area contributed by atoms with E-state index in [1.807, 2.05) is 48.5 Å². The smallest absolute Gasteiger partial charge is 0.407 e. The molecule has 0 spiro atoms. The molecule has 2 aromatic rings. The molecule has 0 saturated heterocycles. The minimum atomic E-state index is -1.25. The maximum absolute atomic E-state index is 12.4. The standard InChI is InChI=1S/C23H26N2O6/c1-14(30-2)12-24-22(28)20(11-21(26)27)25-23(29)31-13-19-17-9-5-3-7-15(17)16-8-4-6-10-18(16)19/h3-10,14,19-20H,11-13H2,1-2H3,(H,24,28)(H,25,29)(H,26,27)/t14-,20?/m0/s1. The highest BCUT2D eigenvalue weighted by Gasteiger charge is 2.30. The Labute approximate surface area is 180 Å². The fourth-order valence-corrected chi connectivity index (χ4v) is 3.62. The van der Waals surface area contributed by atoms with Crippen LogP contribution in [0.3, 0.4) is 0 Å². The lowest BCUT2D eigenvalue weighted by molar-refractivity contribution is -0.139. The number of hydrogen-bond acceptors (Lipinski definition) is 5. The zero-order valence-corrected chi connectivity index (χ0v) is 17.5. The van der Waals surface area contributed by atoms with Gasteiger partial charge in [0.1, 0.15) is 12.6 Å². The molecular formula is C23H26N2O6. The SMILES string of the molecule is CO[C@@H](C)CNC(=O)C(CC(=O)O)NC(=O)OCC1c2ccccc2-c2ccccc21. The third kappa shape index (κ3) is 5.40. The molecule has 2 aromatic carbocycles. The first-order chi connectivity index (χ1) is 14.9. The molecule has 1 aliphatic carbocycles. The van der Waals surface area contributed by atoms with Crippen molar-refractivity contribution in [2.45, 2.75) is 31.4 Å². The molecule has 3 N–H and O–H groups in total. The minimum absolute atomic E-state index is 0.0714. The zero-order valence-electron chi connectivity index (χ0n) is 17.5. The van der Waals surface area contributed by atoms with Gasteiger partial charge in [-0.3, -0.25) is 9.59 Å². The first kappa shape index (κ1) is 22.3. The van der Waals surface area contributed by atoms with Crippen LogP contribution in [0, 0.1) is 0 Å². The van der Waals surface area contributed by atoms with E-state index in [-0.39, 0.29) is 25.2 Å². The van der Waals surface area contributed by atoms with Crippen molar-refractivity contribution in [3.63, 3.8) is 0 Å². The first-order valence-corrected chi connectivity index (χ1v) is 10.0. The van der Waals surface area contributed by atoms with Crippen LogP contribution in [0.4, 0.5) is 4.79 Å². The summed E-state index contributed by atoms with van der Waals surface area (Å²) in [5, 5.41) is 14.0. The molecule has 31 heavy (non-hydrogen) atoms. The van der Waals surface area contributed by atoms with E-state index in [2.05, 4.69) is 10.6 Å². The van der Waals surface area contributed by atoms with Gasteiger partial charge in [-0.05, 0) is 29.2 Å². The second kappa shape index (κ2) is 10.1. The lowest BCUT2D eigenvalue weighted by atomic mass is 9.98. The Hall–Kier alpha value is -3.39. The monoisotopic (exact) mass is 426 g/mol. The fraction of sp³-hybridized carbons (Fsp3) is 0.348. The molecular weight excluding hydrogens is 400 g/mol. The quantitative estimate of drug-likeness (QED) is 0.568.